The van der Waals surface area contributed by atoms with E-state index in [1.165, 1.54) is 0 Å². The number of amides is 2. The highest BCUT2D eigenvalue weighted by atomic mass is 16.4. The van der Waals surface area contributed by atoms with Crippen LogP contribution in [0.25, 0.3) is 0 Å². The molecule has 0 aliphatic carbocycles. The van der Waals surface area contributed by atoms with Gasteiger partial charge in [0.25, 0.3) is 0 Å². The summed E-state index contributed by atoms with van der Waals surface area (Å²) in [6.07, 6.45) is 5.03. The summed E-state index contributed by atoms with van der Waals surface area (Å²) < 4.78 is 5.95. The van der Waals surface area contributed by atoms with Gasteiger partial charge in [-0.15, -0.1) is 0 Å². The average molecular weight is 416 g/mol. The molecular weight excluding hydrogens is 392 g/mol. The van der Waals surface area contributed by atoms with Crippen LogP contribution in [0.5, 0.6) is 0 Å². The van der Waals surface area contributed by atoms with Gasteiger partial charge in [0, 0.05) is 51.3 Å². The van der Waals surface area contributed by atoms with E-state index in [4.69, 9.17) is 4.42 Å². The number of benzene rings is 1. The van der Waals surface area contributed by atoms with Gasteiger partial charge < -0.3 is 14.2 Å². The van der Waals surface area contributed by atoms with Gasteiger partial charge in [-0.1, -0.05) is 36.4 Å². The Hall–Kier alpha value is -3.48. The van der Waals surface area contributed by atoms with E-state index in [0.717, 1.165) is 22.6 Å². The first-order chi connectivity index (χ1) is 15.2. The highest BCUT2D eigenvalue weighted by Crippen LogP contribution is 2.26. The van der Waals surface area contributed by atoms with Gasteiger partial charge >= 0.3 is 0 Å². The lowest BCUT2D eigenvalue weighted by molar-refractivity contribution is -0.136. The molecule has 3 aromatic rings. The number of hydrogen-bond donors (Lipinski definition) is 0. The lowest BCUT2D eigenvalue weighted by Crippen LogP contribution is -2.40. The average Bonchev–Trinajstić information content (AvgIpc) is 3.36. The van der Waals surface area contributed by atoms with Crippen molar-refractivity contribution in [3.8, 4) is 0 Å². The normalized spacial score (nSPS) is 18.3. The van der Waals surface area contributed by atoms with E-state index in [1.807, 2.05) is 47.4 Å². The van der Waals surface area contributed by atoms with Crippen molar-refractivity contribution in [1.29, 1.82) is 0 Å². The predicted molar refractivity (Wildman–Crippen MR) is 113 cm³/mol. The molecule has 0 saturated carbocycles. The minimum atomic E-state index is -0.304. The summed E-state index contributed by atoms with van der Waals surface area (Å²) in [6.45, 7) is 1.99. The van der Waals surface area contributed by atoms with Crippen molar-refractivity contribution < 1.29 is 14.0 Å². The third kappa shape index (κ3) is 4.21. The molecule has 0 radical (unpaired) electrons. The van der Waals surface area contributed by atoms with Gasteiger partial charge in [0.15, 0.2) is 5.89 Å². The SMILES string of the molecule is O=C1CC(C(=O)N2CCc3oc(Cc4ccccc4)nc3C2)CN1Cc1cccnc1. The summed E-state index contributed by atoms with van der Waals surface area (Å²) in [5, 5.41) is 0. The Kier molecular flexibility index (Phi) is 5.24. The molecule has 158 valence electrons. The zero-order valence-electron chi connectivity index (χ0n) is 17.2. The number of fused-ring (bicyclic) bond motifs is 1. The summed E-state index contributed by atoms with van der Waals surface area (Å²) in [5.41, 5.74) is 2.95. The molecule has 1 aromatic carbocycles. The van der Waals surface area contributed by atoms with E-state index in [0.29, 0.717) is 44.9 Å². The predicted octanol–water partition coefficient (Wildman–Crippen LogP) is 2.59. The van der Waals surface area contributed by atoms with Crippen molar-refractivity contribution >= 4 is 11.8 Å². The molecule has 1 fully saturated rings. The van der Waals surface area contributed by atoms with Crippen molar-refractivity contribution in [2.75, 3.05) is 13.1 Å². The monoisotopic (exact) mass is 416 g/mol. The van der Waals surface area contributed by atoms with Crippen LogP contribution in [0.4, 0.5) is 0 Å². The van der Waals surface area contributed by atoms with Gasteiger partial charge in [-0.2, -0.15) is 0 Å². The number of oxazole rings is 1. The molecule has 7 heteroatoms. The number of carbonyl (C=O) groups excluding carboxylic acids is 2. The fourth-order valence-corrected chi connectivity index (χ4v) is 4.35. The van der Waals surface area contributed by atoms with E-state index < -0.39 is 0 Å². The van der Waals surface area contributed by atoms with Gasteiger partial charge in [-0.3, -0.25) is 14.6 Å². The zero-order chi connectivity index (χ0) is 21.2. The fraction of sp³-hybridized carbons (Fsp3) is 0.333. The Labute approximate surface area is 180 Å². The van der Waals surface area contributed by atoms with Crippen LogP contribution in [0.2, 0.25) is 0 Å². The van der Waals surface area contributed by atoms with Crippen LogP contribution in [-0.4, -0.2) is 44.7 Å². The Morgan fingerprint density at radius 1 is 1.13 bits per heavy atom. The summed E-state index contributed by atoms with van der Waals surface area (Å²) in [4.78, 5) is 37.9. The van der Waals surface area contributed by atoms with Crippen molar-refractivity contribution in [2.45, 2.75) is 32.4 Å². The Morgan fingerprint density at radius 2 is 1.97 bits per heavy atom. The number of nitrogens with zero attached hydrogens (tertiary/aromatic N) is 4. The first-order valence-electron chi connectivity index (χ1n) is 10.6. The van der Waals surface area contributed by atoms with E-state index in [2.05, 4.69) is 9.97 Å². The van der Waals surface area contributed by atoms with E-state index in [-0.39, 0.29) is 24.2 Å². The van der Waals surface area contributed by atoms with Crippen LogP contribution in [0.15, 0.2) is 59.3 Å². The third-order valence-corrected chi connectivity index (χ3v) is 5.94. The maximum Gasteiger partial charge on any atom is 0.228 e. The van der Waals surface area contributed by atoms with Crippen LogP contribution < -0.4 is 0 Å². The third-order valence-electron chi connectivity index (χ3n) is 5.94. The number of hydrogen-bond acceptors (Lipinski definition) is 5. The highest BCUT2D eigenvalue weighted by Gasteiger charge is 2.38. The minimum absolute atomic E-state index is 0.0199. The second-order valence-corrected chi connectivity index (χ2v) is 8.19. The van der Waals surface area contributed by atoms with Gasteiger partial charge in [0.05, 0.1) is 12.5 Å². The lowest BCUT2D eigenvalue weighted by atomic mass is 10.0. The molecule has 4 heterocycles. The van der Waals surface area contributed by atoms with Gasteiger partial charge in [0.2, 0.25) is 11.8 Å². The van der Waals surface area contributed by atoms with Crippen molar-refractivity contribution in [3.63, 3.8) is 0 Å². The standard InChI is InChI=1S/C24H24N4O3/c29-23-12-19(15-28(23)14-18-7-4-9-25-13-18)24(30)27-10-8-21-20(16-27)26-22(31-21)11-17-5-2-1-3-6-17/h1-7,9,13,19H,8,10-12,14-16H2. The topological polar surface area (TPSA) is 79.5 Å². The van der Waals surface area contributed by atoms with E-state index in [1.54, 1.807) is 17.3 Å². The number of pyridine rings is 1. The minimum Gasteiger partial charge on any atom is -0.445 e. The van der Waals surface area contributed by atoms with Crippen molar-refractivity contribution in [2.24, 2.45) is 5.92 Å². The molecule has 1 saturated heterocycles. The molecule has 2 aliphatic rings. The molecule has 5 rings (SSSR count). The van der Waals surface area contributed by atoms with Crippen LogP contribution >= 0.6 is 0 Å². The number of carbonyl (C=O) groups is 2. The van der Waals surface area contributed by atoms with Gasteiger partial charge in [0.1, 0.15) is 11.5 Å². The first kappa shape index (κ1) is 19.5. The maximum atomic E-state index is 13.1. The van der Waals surface area contributed by atoms with Crippen LogP contribution in [0.1, 0.15) is 34.9 Å². The molecule has 0 spiro atoms. The van der Waals surface area contributed by atoms with Gasteiger partial charge in [-0.05, 0) is 17.2 Å². The molecule has 7 nitrogen and oxygen atoms in total. The first-order valence-corrected chi connectivity index (χ1v) is 10.6. The number of likely N-dealkylation sites (tertiary alicyclic amines) is 1. The Balaban J connectivity index is 1.22. The fourth-order valence-electron chi connectivity index (χ4n) is 4.35. The van der Waals surface area contributed by atoms with Crippen LogP contribution in [-0.2, 0) is 35.5 Å². The number of rotatable bonds is 5. The quantitative estimate of drug-likeness (QED) is 0.639. The van der Waals surface area contributed by atoms with Gasteiger partial charge in [-0.25, -0.2) is 4.98 Å². The molecule has 0 N–H and O–H groups in total. The zero-order valence-corrected chi connectivity index (χ0v) is 17.2. The summed E-state index contributed by atoms with van der Waals surface area (Å²) >= 11 is 0. The largest absolute Gasteiger partial charge is 0.445 e. The highest BCUT2D eigenvalue weighted by molar-refractivity contribution is 5.89. The second kappa shape index (κ2) is 8.34. The molecule has 1 atom stereocenters. The maximum absolute atomic E-state index is 13.1. The van der Waals surface area contributed by atoms with Crippen LogP contribution in [0, 0.1) is 5.92 Å². The molecule has 31 heavy (non-hydrogen) atoms. The second-order valence-electron chi connectivity index (χ2n) is 8.19. The van der Waals surface area contributed by atoms with Crippen molar-refractivity contribution in [3.05, 3.63) is 83.3 Å². The molecular formula is C24H24N4O3. The molecule has 2 amide bonds. The summed E-state index contributed by atoms with van der Waals surface area (Å²) in [6, 6.07) is 13.9. The lowest BCUT2D eigenvalue weighted by Gasteiger charge is -2.27. The van der Waals surface area contributed by atoms with Crippen molar-refractivity contribution in [1.82, 2.24) is 19.8 Å². The Morgan fingerprint density at radius 3 is 2.77 bits per heavy atom. The smallest absolute Gasteiger partial charge is 0.228 e. The van der Waals surface area contributed by atoms with E-state index >= 15 is 0 Å². The van der Waals surface area contributed by atoms with E-state index in [9.17, 15) is 9.59 Å². The summed E-state index contributed by atoms with van der Waals surface area (Å²) in [5.74, 6) is 1.30. The molecule has 1 unspecified atom stereocenters. The molecule has 2 aliphatic heterocycles. The number of aromatic nitrogens is 2. The van der Waals surface area contributed by atoms with Crippen LogP contribution in [0.3, 0.4) is 0 Å². The molecule has 0 bridgehead atoms. The molecule has 2 aromatic heterocycles. The Bertz CT molecular complexity index is 1080. The summed E-state index contributed by atoms with van der Waals surface area (Å²) in [7, 11) is 0.